The van der Waals surface area contributed by atoms with Crippen molar-refractivity contribution < 1.29 is 5.11 Å². The third-order valence-electron chi connectivity index (χ3n) is 3.69. The molecule has 1 aliphatic rings. The second kappa shape index (κ2) is 8.81. The SMILES string of the molecule is CC(C)(C)[C@@H](c1cc(Cl)cc(Cl)c1O)N1CCNCC1.Cl.Cl. The highest BCUT2D eigenvalue weighted by atomic mass is 35.5. The molecular formula is C15H24Cl4N2O. The zero-order valence-electron chi connectivity index (χ0n) is 13.0. The van der Waals surface area contributed by atoms with Crippen LogP contribution in [-0.4, -0.2) is 36.2 Å². The molecule has 1 saturated heterocycles. The highest BCUT2D eigenvalue weighted by molar-refractivity contribution is 6.35. The van der Waals surface area contributed by atoms with E-state index in [1.165, 1.54) is 0 Å². The summed E-state index contributed by atoms with van der Waals surface area (Å²) < 4.78 is 0. The van der Waals surface area contributed by atoms with Crippen LogP contribution in [0.25, 0.3) is 0 Å². The zero-order valence-corrected chi connectivity index (χ0v) is 16.2. The minimum atomic E-state index is -0.0250. The molecule has 22 heavy (non-hydrogen) atoms. The molecule has 0 unspecified atom stereocenters. The standard InChI is InChI=1S/C15H22Cl2N2O.2ClH/c1-15(2,3)14(19-6-4-18-5-7-19)11-8-10(16)9-12(17)13(11)20;;/h8-9,14,18,20H,4-7H2,1-3H3;2*1H/t14-;;/m1../s1. The van der Waals surface area contributed by atoms with E-state index in [0.717, 1.165) is 31.7 Å². The summed E-state index contributed by atoms with van der Waals surface area (Å²) in [5.74, 6) is 0.148. The van der Waals surface area contributed by atoms with E-state index in [1.807, 2.05) is 6.07 Å². The number of nitrogens with one attached hydrogen (secondary N) is 1. The van der Waals surface area contributed by atoms with Crippen LogP contribution in [0, 0.1) is 5.41 Å². The van der Waals surface area contributed by atoms with Gasteiger partial charge in [0.25, 0.3) is 0 Å². The first-order valence-electron chi connectivity index (χ1n) is 6.93. The summed E-state index contributed by atoms with van der Waals surface area (Å²) in [6.07, 6.45) is 0. The van der Waals surface area contributed by atoms with Crippen LogP contribution in [-0.2, 0) is 0 Å². The molecule has 1 aromatic rings. The van der Waals surface area contributed by atoms with Crippen LogP contribution in [0.1, 0.15) is 32.4 Å². The Morgan fingerprint density at radius 2 is 1.68 bits per heavy atom. The van der Waals surface area contributed by atoms with E-state index in [-0.39, 0.29) is 42.0 Å². The summed E-state index contributed by atoms with van der Waals surface area (Å²) in [4.78, 5) is 2.39. The molecule has 0 aromatic heterocycles. The van der Waals surface area contributed by atoms with Gasteiger partial charge in [-0.25, -0.2) is 0 Å². The normalized spacial score (nSPS) is 17.3. The van der Waals surface area contributed by atoms with Crippen LogP contribution in [0.15, 0.2) is 12.1 Å². The lowest BCUT2D eigenvalue weighted by molar-refractivity contribution is 0.0843. The summed E-state index contributed by atoms with van der Waals surface area (Å²) in [6, 6.07) is 3.50. The Bertz CT molecular complexity index is 485. The van der Waals surface area contributed by atoms with Gasteiger partial charge in [-0.15, -0.1) is 24.8 Å². The van der Waals surface area contributed by atoms with Crippen molar-refractivity contribution in [1.82, 2.24) is 10.2 Å². The molecule has 0 amide bonds. The molecule has 1 fully saturated rings. The maximum atomic E-state index is 10.4. The van der Waals surface area contributed by atoms with Gasteiger partial charge in [0.15, 0.2) is 0 Å². The zero-order chi connectivity index (χ0) is 14.9. The van der Waals surface area contributed by atoms with E-state index in [0.29, 0.717) is 10.0 Å². The molecule has 1 aliphatic heterocycles. The highest BCUT2D eigenvalue weighted by Crippen LogP contribution is 2.45. The molecule has 1 heterocycles. The van der Waals surface area contributed by atoms with Crippen LogP contribution in [0.2, 0.25) is 10.0 Å². The summed E-state index contributed by atoms with van der Waals surface area (Å²) in [5.41, 5.74) is 0.792. The number of benzene rings is 1. The Hall–Kier alpha value is 0.1000. The van der Waals surface area contributed by atoms with Gasteiger partial charge in [0, 0.05) is 42.8 Å². The fourth-order valence-corrected chi connectivity index (χ4v) is 3.45. The molecule has 128 valence electrons. The first-order chi connectivity index (χ1) is 9.30. The molecule has 0 bridgehead atoms. The monoisotopic (exact) mass is 388 g/mol. The average Bonchev–Trinajstić information content (AvgIpc) is 2.35. The van der Waals surface area contributed by atoms with Crippen LogP contribution in [0.5, 0.6) is 5.75 Å². The van der Waals surface area contributed by atoms with Gasteiger partial charge in [0.1, 0.15) is 5.75 Å². The Morgan fingerprint density at radius 3 is 2.18 bits per heavy atom. The van der Waals surface area contributed by atoms with Crippen molar-refractivity contribution in [1.29, 1.82) is 0 Å². The first-order valence-corrected chi connectivity index (χ1v) is 7.69. The number of aromatic hydroxyl groups is 1. The van der Waals surface area contributed by atoms with Crippen molar-refractivity contribution >= 4 is 48.0 Å². The Labute approximate surface area is 155 Å². The van der Waals surface area contributed by atoms with Gasteiger partial charge in [-0.05, 0) is 17.5 Å². The molecule has 0 aliphatic carbocycles. The summed E-state index contributed by atoms with van der Waals surface area (Å²) in [5, 5.41) is 14.6. The van der Waals surface area contributed by atoms with E-state index >= 15 is 0 Å². The van der Waals surface area contributed by atoms with Crippen LogP contribution in [0.4, 0.5) is 0 Å². The minimum absolute atomic E-state index is 0. The summed E-state index contributed by atoms with van der Waals surface area (Å²) in [6.45, 7) is 10.3. The van der Waals surface area contributed by atoms with E-state index < -0.39 is 0 Å². The van der Waals surface area contributed by atoms with Crippen LogP contribution < -0.4 is 5.32 Å². The van der Waals surface area contributed by atoms with E-state index in [1.54, 1.807) is 6.07 Å². The largest absolute Gasteiger partial charge is 0.506 e. The molecular weight excluding hydrogens is 366 g/mol. The van der Waals surface area contributed by atoms with Crippen molar-refractivity contribution in [2.75, 3.05) is 26.2 Å². The van der Waals surface area contributed by atoms with Gasteiger partial charge >= 0.3 is 0 Å². The topological polar surface area (TPSA) is 35.5 Å². The van der Waals surface area contributed by atoms with Gasteiger partial charge in [0.05, 0.1) is 5.02 Å². The van der Waals surface area contributed by atoms with Crippen LogP contribution in [0.3, 0.4) is 0 Å². The second-order valence-electron chi connectivity index (χ2n) is 6.38. The van der Waals surface area contributed by atoms with Gasteiger partial charge in [-0.3, -0.25) is 4.90 Å². The number of phenolic OH excluding ortho intramolecular Hbond substituents is 1. The molecule has 1 aromatic carbocycles. The van der Waals surface area contributed by atoms with Gasteiger partial charge in [0.2, 0.25) is 0 Å². The molecule has 0 radical (unpaired) electrons. The average molecular weight is 390 g/mol. The van der Waals surface area contributed by atoms with E-state index in [9.17, 15) is 5.11 Å². The Balaban J connectivity index is 0.00000220. The number of piperazine rings is 1. The number of rotatable bonds is 2. The van der Waals surface area contributed by atoms with Crippen molar-refractivity contribution in [3.63, 3.8) is 0 Å². The molecule has 2 N–H and O–H groups in total. The number of hydrogen-bond donors (Lipinski definition) is 2. The van der Waals surface area contributed by atoms with Crippen molar-refractivity contribution in [3.05, 3.63) is 27.7 Å². The van der Waals surface area contributed by atoms with Crippen molar-refractivity contribution in [2.45, 2.75) is 26.8 Å². The number of halogens is 4. The quantitative estimate of drug-likeness (QED) is 0.779. The predicted molar refractivity (Wildman–Crippen MR) is 99.3 cm³/mol. The molecule has 2 rings (SSSR count). The van der Waals surface area contributed by atoms with E-state index in [2.05, 4.69) is 31.0 Å². The minimum Gasteiger partial charge on any atom is -0.506 e. The lowest BCUT2D eigenvalue weighted by Crippen LogP contribution is -2.48. The smallest absolute Gasteiger partial charge is 0.139 e. The maximum absolute atomic E-state index is 10.4. The fourth-order valence-electron chi connectivity index (χ4n) is 2.95. The molecule has 0 saturated carbocycles. The van der Waals surface area contributed by atoms with Crippen molar-refractivity contribution in [2.24, 2.45) is 5.41 Å². The highest BCUT2D eigenvalue weighted by Gasteiger charge is 2.34. The number of phenols is 1. The second-order valence-corrected chi connectivity index (χ2v) is 7.22. The first kappa shape index (κ1) is 22.1. The number of hydrogen-bond acceptors (Lipinski definition) is 3. The van der Waals surface area contributed by atoms with E-state index in [4.69, 9.17) is 23.2 Å². The predicted octanol–water partition coefficient (Wildman–Crippen LogP) is 4.54. The molecule has 3 nitrogen and oxygen atoms in total. The molecule has 1 atom stereocenters. The Kier molecular flexibility index (Phi) is 8.85. The third kappa shape index (κ3) is 5.05. The maximum Gasteiger partial charge on any atom is 0.139 e. The fraction of sp³-hybridized carbons (Fsp3) is 0.600. The van der Waals surface area contributed by atoms with Gasteiger partial charge in [-0.1, -0.05) is 44.0 Å². The lowest BCUT2D eigenvalue weighted by atomic mass is 9.80. The van der Waals surface area contributed by atoms with Gasteiger partial charge < -0.3 is 10.4 Å². The van der Waals surface area contributed by atoms with Crippen LogP contribution >= 0.6 is 48.0 Å². The van der Waals surface area contributed by atoms with Gasteiger partial charge in [-0.2, -0.15) is 0 Å². The number of nitrogens with zero attached hydrogens (tertiary/aromatic N) is 1. The lowest BCUT2D eigenvalue weighted by Gasteiger charge is -2.42. The third-order valence-corrected chi connectivity index (χ3v) is 4.20. The Morgan fingerprint density at radius 1 is 1.14 bits per heavy atom. The molecule has 7 heteroatoms. The summed E-state index contributed by atoms with van der Waals surface area (Å²) >= 11 is 12.2. The van der Waals surface area contributed by atoms with Crippen molar-refractivity contribution in [3.8, 4) is 5.75 Å². The molecule has 0 spiro atoms. The summed E-state index contributed by atoms with van der Waals surface area (Å²) in [7, 11) is 0.